The molecular weight excluding hydrogens is 468 g/mol. The van der Waals surface area contributed by atoms with Gasteiger partial charge < -0.3 is 25.0 Å². The highest BCUT2D eigenvalue weighted by molar-refractivity contribution is 7.91. The van der Waals surface area contributed by atoms with Gasteiger partial charge in [0.15, 0.2) is 21.3 Å². The maximum absolute atomic E-state index is 12.6. The van der Waals surface area contributed by atoms with Crippen molar-refractivity contribution in [3.63, 3.8) is 0 Å². The van der Waals surface area contributed by atoms with Crippen molar-refractivity contribution in [1.29, 1.82) is 0 Å². The zero-order chi connectivity index (χ0) is 25.3. The van der Waals surface area contributed by atoms with Gasteiger partial charge >= 0.3 is 0 Å². The summed E-state index contributed by atoms with van der Waals surface area (Å²) in [5.41, 5.74) is 2.24. The third-order valence-electron chi connectivity index (χ3n) is 5.81. The number of carbonyl (C=O) groups excluding carboxylic acids is 1. The van der Waals surface area contributed by atoms with Crippen LogP contribution >= 0.6 is 0 Å². The van der Waals surface area contributed by atoms with Gasteiger partial charge in [0.25, 0.3) is 0 Å². The fraction of sp³-hybridized carbons (Fsp3) is 0.440. The van der Waals surface area contributed by atoms with Crippen LogP contribution in [0.1, 0.15) is 24.0 Å². The van der Waals surface area contributed by atoms with Gasteiger partial charge in [0.1, 0.15) is 11.7 Å². The third-order valence-corrected chi connectivity index (χ3v) is 7.37. The number of carbonyl (C=O) groups is 1. The Morgan fingerprint density at radius 2 is 1.86 bits per heavy atom. The molecule has 2 N–H and O–H groups in total. The Hall–Kier alpha value is -3.11. The number of amides is 1. The van der Waals surface area contributed by atoms with Crippen molar-refractivity contribution in [2.45, 2.75) is 24.2 Å². The van der Waals surface area contributed by atoms with Crippen LogP contribution in [0.5, 0.6) is 11.5 Å². The minimum absolute atomic E-state index is 0.0377. The lowest BCUT2D eigenvalue weighted by Gasteiger charge is -2.17. The van der Waals surface area contributed by atoms with Crippen LogP contribution in [0.25, 0.3) is 0 Å². The number of aliphatic imine (C=N–C) groups is 1. The van der Waals surface area contributed by atoms with E-state index in [9.17, 15) is 13.2 Å². The molecule has 1 aliphatic rings. The second-order valence-electron chi connectivity index (χ2n) is 8.30. The smallest absolute Gasteiger partial charge is 0.222 e. The van der Waals surface area contributed by atoms with Gasteiger partial charge in [-0.05, 0) is 37.1 Å². The average Bonchev–Trinajstić information content (AvgIpc) is 3.41. The molecular formula is C25H34N4O5S. The number of sulfone groups is 1. The Morgan fingerprint density at radius 3 is 2.51 bits per heavy atom. The van der Waals surface area contributed by atoms with Crippen molar-refractivity contribution in [3.05, 3.63) is 53.6 Å². The van der Waals surface area contributed by atoms with E-state index in [4.69, 9.17) is 9.47 Å². The van der Waals surface area contributed by atoms with Crippen molar-refractivity contribution in [2.24, 2.45) is 4.99 Å². The molecule has 2 aromatic carbocycles. The first kappa shape index (κ1) is 26.5. The molecule has 1 heterocycles. The molecule has 2 aromatic rings. The van der Waals surface area contributed by atoms with Crippen LogP contribution < -0.4 is 20.1 Å². The number of hydrogen-bond donors (Lipinski definition) is 2. The molecule has 0 spiro atoms. The highest BCUT2D eigenvalue weighted by atomic mass is 32.2. The van der Waals surface area contributed by atoms with Gasteiger partial charge in [-0.15, -0.1) is 0 Å². The van der Waals surface area contributed by atoms with Gasteiger partial charge in [0.2, 0.25) is 5.91 Å². The first-order valence-corrected chi connectivity index (χ1v) is 13.3. The van der Waals surface area contributed by atoms with Gasteiger partial charge in [-0.25, -0.2) is 8.42 Å². The van der Waals surface area contributed by atoms with Gasteiger partial charge in [0, 0.05) is 38.2 Å². The van der Waals surface area contributed by atoms with E-state index < -0.39 is 9.84 Å². The molecule has 9 nitrogen and oxygen atoms in total. The predicted octanol–water partition coefficient (Wildman–Crippen LogP) is 1.86. The number of nitrogens with one attached hydrogen (secondary N) is 2. The van der Waals surface area contributed by atoms with E-state index in [0.717, 1.165) is 36.5 Å². The van der Waals surface area contributed by atoms with E-state index in [0.29, 0.717) is 37.4 Å². The molecule has 3 rings (SSSR count). The standard InChI is InChI=1S/C25H34N4O5S/c1-29(16-12-19-6-8-20(9-7-19)25-27-14-15-28-25)24(30)5-4-13-26-18-35(31,32)21-10-11-22(33-2)23(17-21)34-3/h6-11,17,26H,4-5,12-16,18H2,1-3H3,(H,27,28). The van der Waals surface area contributed by atoms with Crippen LogP contribution in [0.15, 0.2) is 52.4 Å². The first-order valence-electron chi connectivity index (χ1n) is 11.6. The number of hydrogen-bond acceptors (Lipinski definition) is 8. The topological polar surface area (TPSA) is 109 Å². The molecule has 10 heteroatoms. The number of amidine groups is 1. The minimum Gasteiger partial charge on any atom is -0.493 e. The maximum Gasteiger partial charge on any atom is 0.222 e. The number of benzene rings is 2. The summed E-state index contributed by atoms with van der Waals surface area (Å²) < 4.78 is 35.5. The van der Waals surface area contributed by atoms with Crippen LogP contribution in [0.3, 0.4) is 0 Å². The summed E-state index contributed by atoms with van der Waals surface area (Å²) in [6.45, 7) is 2.74. The van der Waals surface area contributed by atoms with Crippen molar-refractivity contribution in [3.8, 4) is 11.5 Å². The highest BCUT2D eigenvalue weighted by Crippen LogP contribution is 2.29. The second-order valence-corrected chi connectivity index (χ2v) is 10.3. The van der Waals surface area contributed by atoms with E-state index in [1.54, 1.807) is 18.0 Å². The Kier molecular flexibility index (Phi) is 9.50. The predicted molar refractivity (Wildman–Crippen MR) is 136 cm³/mol. The van der Waals surface area contributed by atoms with Crippen LogP contribution in [-0.4, -0.2) is 78.4 Å². The number of nitrogens with zero attached hydrogens (tertiary/aromatic N) is 2. The molecule has 0 saturated heterocycles. The lowest BCUT2D eigenvalue weighted by atomic mass is 10.1. The van der Waals surface area contributed by atoms with Gasteiger partial charge in [-0.1, -0.05) is 24.3 Å². The molecule has 35 heavy (non-hydrogen) atoms. The fourth-order valence-electron chi connectivity index (χ4n) is 3.70. The zero-order valence-electron chi connectivity index (χ0n) is 20.5. The van der Waals surface area contributed by atoms with E-state index >= 15 is 0 Å². The summed E-state index contributed by atoms with van der Waals surface area (Å²) in [4.78, 5) is 18.7. The molecule has 0 bridgehead atoms. The first-order chi connectivity index (χ1) is 16.8. The summed E-state index contributed by atoms with van der Waals surface area (Å²) in [6.07, 6.45) is 1.67. The van der Waals surface area contributed by atoms with Crippen molar-refractivity contribution < 1.29 is 22.7 Å². The fourth-order valence-corrected chi connectivity index (χ4v) is 4.84. The molecule has 0 atom stereocenters. The molecule has 0 saturated carbocycles. The Balaban J connectivity index is 1.36. The second kappa shape index (κ2) is 12.6. The van der Waals surface area contributed by atoms with Crippen LogP contribution in [0, 0.1) is 0 Å². The summed E-state index contributed by atoms with van der Waals surface area (Å²) in [6, 6.07) is 12.7. The van der Waals surface area contributed by atoms with E-state index in [1.807, 2.05) is 0 Å². The normalized spacial score (nSPS) is 13.2. The average molecular weight is 503 g/mol. The summed E-state index contributed by atoms with van der Waals surface area (Å²) in [5.74, 6) is 1.59. The molecule has 0 unspecified atom stereocenters. The van der Waals surface area contributed by atoms with Crippen molar-refractivity contribution in [1.82, 2.24) is 15.5 Å². The Labute approximate surface area is 207 Å². The molecule has 0 aliphatic carbocycles. The number of methoxy groups -OCH3 is 2. The SMILES string of the molecule is COc1ccc(S(=O)(=O)CNCCCC(=O)N(C)CCc2ccc(C3=NCCN3)cc2)cc1OC. The van der Waals surface area contributed by atoms with Gasteiger partial charge in [0.05, 0.1) is 25.7 Å². The van der Waals surface area contributed by atoms with Crippen LogP contribution in [0.2, 0.25) is 0 Å². The summed E-state index contributed by atoms with van der Waals surface area (Å²) >= 11 is 0. The van der Waals surface area contributed by atoms with Crippen molar-refractivity contribution in [2.75, 3.05) is 53.3 Å². The highest BCUT2D eigenvalue weighted by Gasteiger charge is 2.17. The largest absolute Gasteiger partial charge is 0.493 e. The molecule has 1 amide bonds. The molecule has 0 radical (unpaired) electrons. The third kappa shape index (κ3) is 7.43. The van der Waals surface area contributed by atoms with Crippen LogP contribution in [-0.2, 0) is 21.1 Å². The zero-order valence-corrected chi connectivity index (χ0v) is 21.4. The van der Waals surface area contributed by atoms with Gasteiger partial charge in [-0.2, -0.15) is 0 Å². The minimum atomic E-state index is -3.54. The lowest BCUT2D eigenvalue weighted by Crippen LogP contribution is -2.30. The molecule has 0 aromatic heterocycles. The Morgan fingerprint density at radius 1 is 1.11 bits per heavy atom. The van der Waals surface area contributed by atoms with E-state index in [1.165, 1.54) is 26.4 Å². The molecule has 1 aliphatic heterocycles. The van der Waals surface area contributed by atoms with Crippen molar-refractivity contribution >= 4 is 21.6 Å². The monoisotopic (exact) mass is 502 g/mol. The molecule has 190 valence electrons. The number of rotatable bonds is 13. The summed E-state index contributed by atoms with van der Waals surface area (Å²) in [5, 5.41) is 6.19. The Bertz CT molecular complexity index is 1130. The maximum atomic E-state index is 12.6. The van der Waals surface area contributed by atoms with E-state index in [2.05, 4.69) is 39.9 Å². The lowest BCUT2D eigenvalue weighted by molar-refractivity contribution is -0.129. The quantitative estimate of drug-likeness (QED) is 0.403. The number of ether oxygens (including phenoxy) is 2. The van der Waals surface area contributed by atoms with Gasteiger partial charge in [-0.3, -0.25) is 9.79 Å². The van der Waals surface area contributed by atoms with E-state index in [-0.39, 0.29) is 16.7 Å². The summed E-state index contributed by atoms with van der Waals surface area (Å²) in [7, 11) is 1.21. The van der Waals surface area contributed by atoms with Crippen LogP contribution in [0.4, 0.5) is 0 Å². The molecule has 0 fully saturated rings. The number of likely N-dealkylation sites (N-methyl/N-ethyl adjacent to an activating group) is 1.